The molecule has 0 aromatic carbocycles. The summed E-state index contributed by atoms with van der Waals surface area (Å²) in [6.45, 7) is 2.69. The van der Waals surface area contributed by atoms with Crippen molar-refractivity contribution in [2.45, 2.75) is 6.92 Å². The summed E-state index contributed by atoms with van der Waals surface area (Å²) in [5.74, 6) is 0. The minimum atomic E-state index is -1.75. The third-order valence-electron chi connectivity index (χ3n) is 0.774. The molecule has 0 rings (SSSR count). The summed E-state index contributed by atoms with van der Waals surface area (Å²) in [4.78, 5) is 8.25. The molecule has 0 aromatic rings. The van der Waals surface area contributed by atoms with E-state index in [1.54, 1.807) is 14.1 Å². The zero-order chi connectivity index (χ0) is 8.78. The van der Waals surface area contributed by atoms with E-state index in [0.717, 1.165) is 6.54 Å². The molecule has 0 saturated heterocycles. The van der Waals surface area contributed by atoms with Crippen molar-refractivity contribution < 1.29 is 14.9 Å². The van der Waals surface area contributed by atoms with Crippen LogP contribution in [0.3, 0.4) is 0 Å². The second kappa shape index (κ2) is 4.95. The summed E-state index contributed by atoms with van der Waals surface area (Å²) in [7, 11) is 3.47. The third-order valence-corrected chi connectivity index (χ3v) is 0.774. The topological polar surface area (TPSA) is 86.4 Å². The molecule has 0 spiro atoms. The Bertz CT molecular complexity index is 93.9. The van der Waals surface area contributed by atoms with Gasteiger partial charge in [0.2, 0.25) is 0 Å². The predicted molar refractivity (Wildman–Crippen MR) is 34.8 cm³/mol. The van der Waals surface area contributed by atoms with E-state index in [2.05, 4.69) is 0 Å². The van der Waals surface area contributed by atoms with Crippen LogP contribution in [0.15, 0.2) is 0 Å². The average Bonchev–Trinajstić information content (AvgIpc) is 1.63. The molecule has 0 aliphatic carbocycles. The normalized spacial score (nSPS) is 9.60. The van der Waals surface area contributed by atoms with Crippen LogP contribution >= 0.6 is 0 Å². The Labute approximate surface area is 59.0 Å². The Morgan fingerprint density at radius 1 is 1.50 bits per heavy atom. The highest BCUT2D eigenvalue weighted by Crippen LogP contribution is 1.82. The van der Waals surface area contributed by atoms with Gasteiger partial charge in [-0.05, 0) is 6.92 Å². The van der Waals surface area contributed by atoms with E-state index in [0.29, 0.717) is 0 Å². The Kier molecular flexibility index (Phi) is 5.87. The Morgan fingerprint density at radius 2 is 1.60 bits per heavy atom. The van der Waals surface area contributed by atoms with Crippen molar-refractivity contribution in [2.75, 3.05) is 20.6 Å². The monoisotopic (exact) mass is 152 g/mol. The summed E-state index contributed by atoms with van der Waals surface area (Å²) in [5, 5.41) is 23.5. The maximum Gasteiger partial charge on any atom is 0.105 e. The molecule has 0 unspecified atom stereocenters. The van der Waals surface area contributed by atoms with Crippen molar-refractivity contribution in [3.63, 3.8) is 0 Å². The highest BCUT2D eigenvalue weighted by Gasteiger charge is 2.02. The summed E-state index contributed by atoms with van der Waals surface area (Å²) in [6, 6.07) is 0. The van der Waals surface area contributed by atoms with Gasteiger partial charge in [0.15, 0.2) is 0 Å². The molecular weight excluding hydrogens is 140 g/mol. The van der Waals surface area contributed by atoms with Gasteiger partial charge >= 0.3 is 0 Å². The van der Waals surface area contributed by atoms with Gasteiger partial charge in [0.25, 0.3) is 0 Å². The largest absolute Gasteiger partial charge is 0.356 e. The van der Waals surface area contributed by atoms with Crippen LogP contribution in [-0.4, -0.2) is 35.6 Å². The van der Waals surface area contributed by atoms with Crippen molar-refractivity contribution >= 4 is 0 Å². The fourth-order valence-electron chi connectivity index (χ4n) is 0. The van der Waals surface area contributed by atoms with Gasteiger partial charge in [-0.3, -0.25) is 0 Å². The average molecular weight is 152 g/mol. The Morgan fingerprint density at radius 3 is 1.60 bits per heavy atom. The van der Waals surface area contributed by atoms with E-state index < -0.39 is 5.09 Å². The molecule has 1 N–H and O–H groups in total. The van der Waals surface area contributed by atoms with Gasteiger partial charge in [0, 0.05) is 0 Å². The highest BCUT2D eigenvalue weighted by molar-refractivity contribution is 4.03. The van der Waals surface area contributed by atoms with Crippen LogP contribution in [0, 0.1) is 15.3 Å². The van der Waals surface area contributed by atoms with Crippen LogP contribution in [-0.2, 0) is 0 Å². The summed E-state index contributed by atoms with van der Waals surface area (Å²) < 4.78 is 0.0694. The van der Waals surface area contributed by atoms with Crippen molar-refractivity contribution in [3.05, 3.63) is 15.3 Å². The molecule has 0 heterocycles. The van der Waals surface area contributed by atoms with Gasteiger partial charge in [0.05, 0.1) is 19.2 Å². The number of rotatable bonds is 1. The molecule has 0 aliphatic heterocycles. The van der Waals surface area contributed by atoms with Crippen molar-refractivity contribution in [1.29, 1.82) is 0 Å². The molecule has 0 aliphatic rings. The first kappa shape index (κ1) is 11.9. The fraction of sp³-hybridized carbons (Fsp3) is 1.00. The summed E-state index contributed by atoms with van der Waals surface area (Å²) in [6.07, 6.45) is 0. The maximum absolute atomic E-state index is 8.76. The van der Waals surface area contributed by atoms with Gasteiger partial charge in [-0.25, -0.2) is 5.21 Å². The molecule has 0 fully saturated rings. The lowest BCUT2D eigenvalue weighted by atomic mass is 10.7. The molecule has 10 heavy (non-hydrogen) atoms. The van der Waals surface area contributed by atoms with Crippen LogP contribution < -0.4 is 0 Å². The van der Waals surface area contributed by atoms with Gasteiger partial charge < -0.3 is 15.3 Å². The second-order valence-corrected chi connectivity index (χ2v) is 2.16. The number of hydroxylamine groups is 3. The van der Waals surface area contributed by atoms with Gasteiger partial charge in [-0.1, -0.05) is 0 Å². The highest BCUT2D eigenvalue weighted by atomic mass is 16.9. The molecule has 0 radical (unpaired) electrons. The molecule has 0 aromatic heterocycles. The second-order valence-electron chi connectivity index (χ2n) is 2.16. The number of nitrogens with zero attached hydrogens (tertiary/aromatic N) is 2. The fourth-order valence-corrected chi connectivity index (χ4v) is 0. The van der Waals surface area contributed by atoms with Crippen LogP contribution in [0.1, 0.15) is 6.92 Å². The minimum Gasteiger partial charge on any atom is -0.356 e. The van der Waals surface area contributed by atoms with E-state index in [4.69, 9.17) is 20.5 Å². The molecule has 62 valence electrons. The zero-order valence-electron chi connectivity index (χ0n) is 6.27. The lowest BCUT2D eigenvalue weighted by Gasteiger charge is -2.15. The van der Waals surface area contributed by atoms with Gasteiger partial charge in [-0.15, -0.1) is 0 Å². The standard InChI is InChI=1S/C4H12NO.NO3/c1-4-5(2,3)6;2-1(3)4/h6H,4H2,1-3H3;/q+1;-1. The van der Waals surface area contributed by atoms with Gasteiger partial charge in [-0.2, -0.15) is 4.65 Å². The summed E-state index contributed by atoms with van der Waals surface area (Å²) in [5.41, 5.74) is 0. The minimum absolute atomic E-state index is 0.0694. The smallest absolute Gasteiger partial charge is 0.105 e. The lowest BCUT2D eigenvalue weighted by molar-refractivity contribution is -1.07. The van der Waals surface area contributed by atoms with Crippen LogP contribution in [0.2, 0.25) is 0 Å². The Balaban J connectivity index is 0. The first-order valence-corrected chi connectivity index (χ1v) is 2.67. The SMILES string of the molecule is CC[N+](C)(C)O.O=[N+]([O-])[O-]. The van der Waals surface area contributed by atoms with E-state index in [1.807, 2.05) is 6.92 Å². The zero-order valence-corrected chi connectivity index (χ0v) is 6.27. The quantitative estimate of drug-likeness (QED) is 0.331. The van der Waals surface area contributed by atoms with Crippen molar-refractivity contribution in [2.24, 2.45) is 0 Å². The summed E-state index contributed by atoms with van der Waals surface area (Å²) >= 11 is 0. The van der Waals surface area contributed by atoms with Crippen LogP contribution in [0.25, 0.3) is 0 Å². The predicted octanol–water partition coefficient (Wildman–Crippen LogP) is 0.233. The van der Waals surface area contributed by atoms with E-state index in [9.17, 15) is 0 Å². The van der Waals surface area contributed by atoms with Gasteiger partial charge in [0.1, 0.15) is 6.54 Å². The van der Waals surface area contributed by atoms with Crippen molar-refractivity contribution in [3.8, 4) is 0 Å². The maximum atomic E-state index is 8.76. The Hall–Kier alpha value is -0.880. The van der Waals surface area contributed by atoms with Crippen LogP contribution in [0.5, 0.6) is 0 Å². The molecule has 6 heteroatoms. The molecular formula is C4H12N2O4. The van der Waals surface area contributed by atoms with E-state index in [1.165, 1.54) is 0 Å². The number of quaternary nitrogens is 1. The first-order valence-electron chi connectivity index (χ1n) is 2.67. The number of hydrogen-bond acceptors (Lipinski definition) is 4. The van der Waals surface area contributed by atoms with Crippen LogP contribution in [0.4, 0.5) is 0 Å². The van der Waals surface area contributed by atoms with E-state index >= 15 is 0 Å². The van der Waals surface area contributed by atoms with Crippen molar-refractivity contribution in [1.82, 2.24) is 0 Å². The molecule has 6 nitrogen and oxygen atoms in total. The van der Waals surface area contributed by atoms with E-state index in [-0.39, 0.29) is 4.65 Å². The first-order chi connectivity index (χ1) is 4.29. The lowest BCUT2D eigenvalue weighted by Crippen LogP contribution is -2.34. The molecule has 0 bridgehead atoms. The molecule has 0 atom stereocenters. The molecule has 0 saturated carbocycles. The number of hydrogen-bond donors (Lipinski definition) is 1. The third kappa shape index (κ3) is 59.3. The molecule has 0 amide bonds.